The number of aliphatic hydroxyl groups is 1. The lowest BCUT2D eigenvalue weighted by Gasteiger charge is -2.04. The van der Waals surface area contributed by atoms with Crippen LogP contribution >= 0.6 is 0 Å². The van der Waals surface area contributed by atoms with E-state index in [0.717, 1.165) is 12.8 Å². The molecule has 0 rings (SSSR count). The van der Waals surface area contributed by atoms with E-state index in [-0.39, 0.29) is 6.10 Å². The summed E-state index contributed by atoms with van der Waals surface area (Å²) >= 11 is 0. The lowest BCUT2D eigenvalue weighted by atomic mass is 10.2. The minimum absolute atomic E-state index is 0.180. The quantitative estimate of drug-likeness (QED) is 0.564. The number of methoxy groups -OCH3 is 1. The second-order valence-electron chi connectivity index (χ2n) is 2.04. The Morgan fingerprint density at radius 3 is 2.78 bits per heavy atom. The summed E-state index contributed by atoms with van der Waals surface area (Å²) in [5.74, 6) is 0. The molecule has 0 spiro atoms. The molecule has 0 saturated carbocycles. The van der Waals surface area contributed by atoms with Gasteiger partial charge in [0.1, 0.15) is 0 Å². The van der Waals surface area contributed by atoms with Crippen LogP contribution in [0, 0.1) is 6.42 Å². The average molecular weight is 131 g/mol. The molecule has 0 aliphatic rings. The third-order valence-corrected chi connectivity index (χ3v) is 1.19. The molecule has 0 aromatic rings. The van der Waals surface area contributed by atoms with Gasteiger partial charge >= 0.3 is 0 Å². The highest BCUT2D eigenvalue weighted by atomic mass is 16.5. The van der Waals surface area contributed by atoms with E-state index in [1.807, 2.05) is 13.3 Å². The number of ether oxygens (including phenoxy) is 1. The SMILES string of the molecule is CCC(O)C[CH]COC. The number of hydrogen-bond donors (Lipinski definition) is 1. The van der Waals surface area contributed by atoms with Gasteiger partial charge in [0.15, 0.2) is 0 Å². The molecule has 1 unspecified atom stereocenters. The molecule has 0 heterocycles. The van der Waals surface area contributed by atoms with Crippen LogP contribution in [0.1, 0.15) is 19.8 Å². The van der Waals surface area contributed by atoms with Crippen LogP contribution in [0.25, 0.3) is 0 Å². The predicted octanol–water partition coefficient (Wildman–Crippen LogP) is 0.998. The summed E-state index contributed by atoms with van der Waals surface area (Å²) in [6, 6.07) is 0. The molecule has 0 fully saturated rings. The summed E-state index contributed by atoms with van der Waals surface area (Å²) in [5, 5.41) is 9.00. The smallest absolute Gasteiger partial charge is 0.0541 e. The normalized spacial score (nSPS) is 13.7. The summed E-state index contributed by atoms with van der Waals surface area (Å²) < 4.78 is 4.77. The highest BCUT2D eigenvalue weighted by molar-refractivity contribution is 4.67. The summed E-state index contributed by atoms with van der Waals surface area (Å²) in [7, 11) is 1.65. The van der Waals surface area contributed by atoms with Crippen molar-refractivity contribution in [2.45, 2.75) is 25.9 Å². The summed E-state index contributed by atoms with van der Waals surface area (Å²) in [6.45, 7) is 2.60. The van der Waals surface area contributed by atoms with E-state index in [0.29, 0.717) is 6.61 Å². The molecule has 1 atom stereocenters. The van der Waals surface area contributed by atoms with Crippen molar-refractivity contribution in [3.8, 4) is 0 Å². The van der Waals surface area contributed by atoms with E-state index in [4.69, 9.17) is 9.84 Å². The van der Waals surface area contributed by atoms with Crippen molar-refractivity contribution in [3.63, 3.8) is 0 Å². The molecule has 0 aromatic heterocycles. The highest BCUT2D eigenvalue weighted by Crippen LogP contribution is 1.98. The third-order valence-electron chi connectivity index (χ3n) is 1.19. The van der Waals surface area contributed by atoms with Crippen molar-refractivity contribution < 1.29 is 9.84 Å². The molecule has 55 valence electrons. The van der Waals surface area contributed by atoms with Gasteiger partial charge in [0, 0.05) is 13.7 Å². The molecule has 9 heavy (non-hydrogen) atoms. The average Bonchev–Trinajstić information content (AvgIpc) is 1.89. The molecule has 0 saturated heterocycles. The van der Waals surface area contributed by atoms with Gasteiger partial charge in [-0.05, 0) is 19.3 Å². The first-order chi connectivity index (χ1) is 4.31. The zero-order valence-corrected chi connectivity index (χ0v) is 6.13. The van der Waals surface area contributed by atoms with Crippen LogP contribution in [-0.2, 0) is 4.74 Å². The molecule has 0 aromatic carbocycles. The molecule has 0 aliphatic heterocycles. The van der Waals surface area contributed by atoms with Crippen molar-refractivity contribution in [1.29, 1.82) is 0 Å². The number of rotatable bonds is 5. The van der Waals surface area contributed by atoms with Crippen LogP contribution in [0.4, 0.5) is 0 Å². The van der Waals surface area contributed by atoms with Crippen molar-refractivity contribution in [1.82, 2.24) is 0 Å². The van der Waals surface area contributed by atoms with Crippen molar-refractivity contribution in [3.05, 3.63) is 6.42 Å². The Hall–Kier alpha value is -0.0800. The Morgan fingerprint density at radius 1 is 1.67 bits per heavy atom. The van der Waals surface area contributed by atoms with Gasteiger partial charge in [0.05, 0.1) is 6.10 Å². The highest BCUT2D eigenvalue weighted by Gasteiger charge is 1.98. The molecular weight excluding hydrogens is 116 g/mol. The Kier molecular flexibility index (Phi) is 5.99. The standard InChI is InChI=1S/C7H15O2/c1-3-7(8)5-4-6-9-2/h4,7-8H,3,5-6H2,1-2H3. The van der Waals surface area contributed by atoms with Crippen LogP contribution in [0.15, 0.2) is 0 Å². The first kappa shape index (κ1) is 8.92. The second kappa shape index (κ2) is 6.05. The van der Waals surface area contributed by atoms with E-state index in [1.54, 1.807) is 7.11 Å². The minimum Gasteiger partial charge on any atom is -0.393 e. The zero-order valence-electron chi connectivity index (χ0n) is 6.13. The maximum Gasteiger partial charge on any atom is 0.0541 e. The van der Waals surface area contributed by atoms with Crippen LogP contribution in [0.2, 0.25) is 0 Å². The van der Waals surface area contributed by atoms with Crippen molar-refractivity contribution in [2.75, 3.05) is 13.7 Å². The van der Waals surface area contributed by atoms with Gasteiger partial charge in [0.2, 0.25) is 0 Å². The summed E-state index contributed by atoms with van der Waals surface area (Å²) in [5.41, 5.74) is 0. The number of hydrogen-bond acceptors (Lipinski definition) is 2. The largest absolute Gasteiger partial charge is 0.393 e. The van der Waals surface area contributed by atoms with Gasteiger partial charge in [-0.3, -0.25) is 0 Å². The van der Waals surface area contributed by atoms with Gasteiger partial charge in [-0.2, -0.15) is 0 Å². The molecule has 0 aliphatic carbocycles. The van der Waals surface area contributed by atoms with Gasteiger partial charge in [-0.1, -0.05) is 6.92 Å². The topological polar surface area (TPSA) is 29.5 Å². The molecule has 0 amide bonds. The maximum absolute atomic E-state index is 9.00. The second-order valence-corrected chi connectivity index (χ2v) is 2.04. The Balaban J connectivity index is 2.88. The maximum atomic E-state index is 9.00. The van der Waals surface area contributed by atoms with Crippen LogP contribution in [0.3, 0.4) is 0 Å². The Labute approximate surface area is 56.8 Å². The first-order valence-corrected chi connectivity index (χ1v) is 3.30. The molecular formula is C7H15O2. The van der Waals surface area contributed by atoms with Crippen LogP contribution in [-0.4, -0.2) is 24.9 Å². The van der Waals surface area contributed by atoms with Gasteiger partial charge in [0.25, 0.3) is 0 Å². The summed E-state index contributed by atoms with van der Waals surface area (Å²) in [4.78, 5) is 0. The van der Waals surface area contributed by atoms with E-state index >= 15 is 0 Å². The molecule has 0 bridgehead atoms. The fourth-order valence-corrected chi connectivity index (χ4v) is 0.545. The number of aliphatic hydroxyl groups excluding tert-OH is 1. The first-order valence-electron chi connectivity index (χ1n) is 3.30. The molecule has 1 radical (unpaired) electrons. The van der Waals surface area contributed by atoms with E-state index < -0.39 is 0 Å². The molecule has 2 nitrogen and oxygen atoms in total. The van der Waals surface area contributed by atoms with Crippen LogP contribution < -0.4 is 0 Å². The van der Waals surface area contributed by atoms with Gasteiger partial charge < -0.3 is 9.84 Å². The van der Waals surface area contributed by atoms with E-state index in [1.165, 1.54) is 0 Å². The Bertz CT molecular complexity index is 54.9. The summed E-state index contributed by atoms with van der Waals surface area (Å²) in [6.07, 6.45) is 3.32. The van der Waals surface area contributed by atoms with Crippen LogP contribution in [0.5, 0.6) is 0 Å². The molecule has 2 heteroatoms. The lowest BCUT2D eigenvalue weighted by molar-refractivity contribution is 0.156. The van der Waals surface area contributed by atoms with E-state index in [2.05, 4.69) is 0 Å². The third kappa shape index (κ3) is 5.80. The Morgan fingerprint density at radius 2 is 2.33 bits per heavy atom. The predicted molar refractivity (Wildman–Crippen MR) is 37.1 cm³/mol. The zero-order chi connectivity index (χ0) is 7.11. The minimum atomic E-state index is -0.180. The van der Waals surface area contributed by atoms with E-state index in [9.17, 15) is 0 Å². The van der Waals surface area contributed by atoms with Crippen molar-refractivity contribution >= 4 is 0 Å². The van der Waals surface area contributed by atoms with Gasteiger partial charge in [-0.15, -0.1) is 0 Å². The fourth-order valence-electron chi connectivity index (χ4n) is 0.545. The lowest BCUT2D eigenvalue weighted by Crippen LogP contribution is -2.05. The molecule has 1 N–H and O–H groups in total. The fraction of sp³-hybridized carbons (Fsp3) is 0.857. The van der Waals surface area contributed by atoms with Gasteiger partial charge in [-0.25, -0.2) is 0 Å². The monoisotopic (exact) mass is 131 g/mol. The van der Waals surface area contributed by atoms with Crippen molar-refractivity contribution in [2.24, 2.45) is 0 Å².